The molecule has 0 saturated heterocycles. The number of rotatable bonds is 0. The summed E-state index contributed by atoms with van der Waals surface area (Å²) >= 11 is 0. The summed E-state index contributed by atoms with van der Waals surface area (Å²) in [5.74, 6) is 17.5. The van der Waals surface area contributed by atoms with Crippen LogP contribution in [0.3, 0.4) is 0 Å². The Morgan fingerprint density at radius 3 is 1.67 bits per heavy atom. The maximum Gasteiger partial charge on any atom is 0.0349 e. The van der Waals surface area contributed by atoms with Crippen LogP contribution in [0.5, 0.6) is 0 Å². The van der Waals surface area contributed by atoms with Crippen LogP contribution >= 0.6 is 0 Å². The predicted octanol–water partition coefficient (Wildman–Crippen LogP) is 2.60. The number of hydrogen-bond donors (Lipinski definition) is 0. The van der Waals surface area contributed by atoms with Crippen molar-refractivity contribution < 1.29 is 0 Å². The second-order valence-corrected chi connectivity index (χ2v) is 2.82. The lowest BCUT2D eigenvalue weighted by molar-refractivity contribution is 1.54. The summed E-state index contributed by atoms with van der Waals surface area (Å²) in [6.07, 6.45) is 0. The Labute approximate surface area is 91.7 Å². The van der Waals surface area contributed by atoms with Gasteiger partial charge in [-0.3, -0.25) is 0 Å². The van der Waals surface area contributed by atoms with Gasteiger partial charge in [0.25, 0.3) is 0 Å². The van der Waals surface area contributed by atoms with Gasteiger partial charge in [-0.2, -0.15) is 0 Å². The average Bonchev–Trinajstić information content (AvgIpc) is 2.19. The Bertz CT molecular complexity index is 435. The molecule has 0 aliphatic heterocycles. The molecule has 1 rings (SSSR count). The summed E-state index contributed by atoms with van der Waals surface area (Å²) in [4.78, 5) is 0. The van der Waals surface area contributed by atoms with Gasteiger partial charge in [0.05, 0.1) is 0 Å². The van der Waals surface area contributed by atoms with Gasteiger partial charge in [-0.05, 0) is 32.9 Å². The van der Waals surface area contributed by atoms with Crippen molar-refractivity contribution in [2.45, 2.75) is 20.8 Å². The zero-order valence-corrected chi connectivity index (χ0v) is 9.15. The van der Waals surface area contributed by atoms with Crippen molar-refractivity contribution in [1.82, 2.24) is 0 Å². The van der Waals surface area contributed by atoms with E-state index in [2.05, 4.69) is 41.6 Å². The molecule has 0 atom stereocenters. The van der Waals surface area contributed by atoms with Gasteiger partial charge in [0.15, 0.2) is 0 Å². The predicted molar refractivity (Wildman–Crippen MR) is 62.9 cm³/mol. The molecular formula is C15H11. The van der Waals surface area contributed by atoms with Gasteiger partial charge in [-0.1, -0.05) is 17.8 Å². The van der Waals surface area contributed by atoms with Crippen molar-refractivity contribution in [2.75, 3.05) is 0 Å². The van der Waals surface area contributed by atoms with E-state index in [0.717, 1.165) is 16.7 Å². The number of benzene rings is 1. The highest BCUT2D eigenvalue weighted by atomic mass is 14.0. The van der Waals surface area contributed by atoms with Crippen molar-refractivity contribution in [3.63, 3.8) is 0 Å². The zero-order chi connectivity index (χ0) is 11.1. The standard InChI is InChI=1S/C15H11/c1-4-7-13-10-14(8-5-2)12-15(11-13)9-6-3/h10-11H,1-3H3. The highest BCUT2D eigenvalue weighted by molar-refractivity contribution is 5.50. The van der Waals surface area contributed by atoms with Crippen molar-refractivity contribution in [3.05, 3.63) is 34.9 Å². The fraction of sp³-hybridized carbons (Fsp3) is 0.200. The first-order valence-corrected chi connectivity index (χ1v) is 4.65. The number of hydrogen-bond acceptors (Lipinski definition) is 0. The molecule has 1 radical (unpaired) electrons. The largest absolute Gasteiger partial charge is 0.101 e. The molecule has 71 valence electrons. The zero-order valence-electron chi connectivity index (χ0n) is 9.15. The first-order chi connectivity index (χ1) is 7.30. The lowest BCUT2D eigenvalue weighted by atomic mass is 10.1. The maximum absolute atomic E-state index is 3.13. The van der Waals surface area contributed by atoms with Crippen LogP contribution in [-0.2, 0) is 0 Å². The summed E-state index contributed by atoms with van der Waals surface area (Å²) in [7, 11) is 0. The van der Waals surface area contributed by atoms with E-state index in [4.69, 9.17) is 0 Å². The Hall–Kier alpha value is -2.10. The van der Waals surface area contributed by atoms with E-state index in [0.29, 0.717) is 0 Å². The van der Waals surface area contributed by atoms with E-state index in [1.54, 1.807) is 13.8 Å². The third-order valence-corrected chi connectivity index (χ3v) is 1.66. The highest BCUT2D eigenvalue weighted by Crippen LogP contribution is 2.07. The molecule has 1 aromatic rings. The third-order valence-electron chi connectivity index (χ3n) is 1.66. The Balaban J connectivity index is 3.31. The Kier molecular flexibility index (Phi) is 4.09. The minimum absolute atomic E-state index is 0.843. The van der Waals surface area contributed by atoms with E-state index >= 15 is 0 Å². The molecule has 0 heterocycles. The first-order valence-electron chi connectivity index (χ1n) is 4.65. The van der Waals surface area contributed by atoms with Crippen molar-refractivity contribution >= 4 is 0 Å². The van der Waals surface area contributed by atoms with Crippen LogP contribution in [0.4, 0.5) is 0 Å². The van der Waals surface area contributed by atoms with Gasteiger partial charge in [0.2, 0.25) is 0 Å². The lowest BCUT2D eigenvalue weighted by Gasteiger charge is -1.95. The highest BCUT2D eigenvalue weighted by Gasteiger charge is 1.96. The van der Waals surface area contributed by atoms with E-state index in [1.165, 1.54) is 0 Å². The summed E-state index contributed by atoms with van der Waals surface area (Å²) in [6, 6.07) is 6.98. The molecule has 0 bridgehead atoms. The SMILES string of the molecule is CC#Cc1[c]c(C#CC)cc(C#CC)c1. The average molecular weight is 191 g/mol. The van der Waals surface area contributed by atoms with E-state index in [-0.39, 0.29) is 0 Å². The molecule has 0 fully saturated rings. The molecule has 0 amide bonds. The maximum atomic E-state index is 3.13. The van der Waals surface area contributed by atoms with Gasteiger partial charge in [0, 0.05) is 22.8 Å². The molecule has 0 aliphatic rings. The van der Waals surface area contributed by atoms with E-state index in [1.807, 2.05) is 19.1 Å². The summed E-state index contributed by atoms with van der Waals surface area (Å²) in [5.41, 5.74) is 2.62. The molecule has 1 aromatic carbocycles. The molecule has 0 aliphatic carbocycles. The second kappa shape index (κ2) is 5.59. The molecule has 0 saturated carbocycles. The van der Waals surface area contributed by atoms with Crippen molar-refractivity contribution in [2.24, 2.45) is 0 Å². The van der Waals surface area contributed by atoms with Crippen LogP contribution in [0.2, 0.25) is 0 Å². The summed E-state index contributed by atoms with van der Waals surface area (Å²) < 4.78 is 0. The lowest BCUT2D eigenvalue weighted by Crippen LogP contribution is -1.84. The van der Waals surface area contributed by atoms with Gasteiger partial charge < -0.3 is 0 Å². The smallest absolute Gasteiger partial charge is 0.0349 e. The minimum atomic E-state index is 0.843. The third kappa shape index (κ3) is 3.27. The Morgan fingerprint density at radius 1 is 0.800 bits per heavy atom. The quantitative estimate of drug-likeness (QED) is 0.553. The van der Waals surface area contributed by atoms with Gasteiger partial charge >= 0.3 is 0 Å². The van der Waals surface area contributed by atoms with Crippen molar-refractivity contribution in [3.8, 4) is 35.5 Å². The van der Waals surface area contributed by atoms with Crippen LogP contribution in [0.15, 0.2) is 12.1 Å². The first kappa shape index (κ1) is 11.0. The van der Waals surface area contributed by atoms with Crippen LogP contribution in [0.25, 0.3) is 0 Å². The van der Waals surface area contributed by atoms with Gasteiger partial charge in [-0.15, -0.1) is 17.8 Å². The molecule has 0 spiro atoms. The molecule has 0 unspecified atom stereocenters. The monoisotopic (exact) mass is 191 g/mol. The van der Waals surface area contributed by atoms with Crippen LogP contribution in [-0.4, -0.2) is 0 Å². The Morgan fingerprint density at radius 2 is 1.27 bits per heavy atom. The minimum Gasteiger partial charge on any atom is -0.101 e. The van der Waals surface area contributed by atoms with E-state index in [9.17, 15) is 0 Å². The molecular weight excluding hydrogens is 180 g/mol. The molecule has 0 nitrogen and oxygen atoms in total. The van der Waals surface area contributed by atoms with Crippen molar-refractivity contribution in [1.29, 1.82) is 0 Å². The normalized spacial score (nSPS) is 7.40. The summed E-state index contributed by atoms with van der Waals surface area (Å²) in [6.45, 7) is 5.42. The topological polar surface area (TPSA) is 0 Å². The van der Waals surface area contributed by atoms with Gasteiger partial charge in [0.1, 0.15) is 0 Å². The van der Waals surface area contributed by atoms with Crippen LogP contribution < -0.4 is 0 Å². The second-order valence-electron chi connectivity index (χ2n) is 2.82. The van der Waals surface area contributed by atoms with E-state index < -0.39 is 0 Å². The molecule has 15 heavy (non-hydrogen) atoms. The molecule has 0 aromatic heterocycles. The molecule has 0 N–H and O–H groups in total. The van der Waals surface area contributed by atoms with Crippen LogP contribution in [0, 0.1) is 41.6 Å². The van der Waals surface area contributed by atoms with Crippen LogP contribution in [0.1, 0.15) is 37.5 Å². The van der Waals surface area contributed by atoms with Gasteiger partial charge in [-0.25, -0.2) is 0 Å². The summed E-state index contributed by atoms with van der Waals surface area (Å²) in [5, 5.41) is 0. The fourth-order valence-corrected chi connectivity index (χ4v) is 1.19. The fourth-order valence-electron chi connectivity index (χ4n) is 1.19. The molecule has 0 heteroatoms.